The predicted molar refractivity (Wildman–Crippen MR) is 68.0 cm³/mol. The van der Waals surface area contributed by atoms with Gasteiger partial charge in [-0.2, -0.15) is 0 Å². The second-order valence-electron chi connectivity index (χ2n) is 5.19. The average Bonchev–Trinajstić information content (AvgIpc) is 2.32. The first-order valence-corrected chi connectivity index (χ1v) is 6.30. The molecule has 1 aliphatic carbocycles. The second kappa shape index (κ2) is 4.96. The van der Waals surface area contributed by atoms with Crippen LogP contribution in [0.2, 0.25) is 0 Å². The van der Waals surface area contributed by atoms with Gasteiger partial charge >= 0.3 is 5.97 Å². The number of hydrogen-bond donors (Lipinski definition) is 2. The Morgan fingerprint density at radius 2 is 2.22 bits per heavy atom. The van der Waals surface area contributed by atoms with E-state index in [4.69, 9.17) is 0 Å². The summed E-state index contributed by atoms with van der Waals surface area (Å²) < 4.78 is 13.6. The normalized spacial score (nSPS) is 27.8. The molecule has 0 amide bonds. The fourth-order valence-electron chi connectivity index (χ4n) is 2.73. The van der Waals surface area contributed by atoms with Crippen molar-refractivity contribution in [3.63, 3.8) is 0 Å². The van der Waals surface area contributed by atoms with Crippen LogP contribution in [0.1, 0.15) is 32.6 Å². The van der Waals surface area contributed by atoms with Gasteiger partial charge in [0.2, 0.25) is 0 Å². The van der Waals surface area contributed by atoms with E-state index in [1.165, 1.54) is 6.07 Å². The number of carboxylic acids is 1. The highest BCUT2D eigenvalue weighted by Gasteiger charge is 2.42. The number of para-hydroxylation sites is 1. The molecule has 18 heavy (non-hydrogen) atoms. The molecule has 1 aliphatic rings. The van der Waals surface area contributed by atoms with E-state index in [9.17, 15) is 14.3 Å². The lowest BCUT2D eigenvalue weighted by Gasteiger charge is -2.37. The number of carbonyl (C=O) groups is 1. The minimum atomic E-state index is -1.03. The highest BCUT2D eigenvalue weighted by Crippen LogP contribution is 2.35. The van der Waals surface area contributed by atoms with Crippen molar-refractivity contribution in [2.75, 3.05) is 5.32 Å². The Hall–Kier alpha value is -1.58. The van der Waals surface area contributed by atoms with Gasteiger partial charge in [0.15, 0.2) is 0 Å². The molecule has 2 unspecified atom stereocenters. The second-order valence-corrected chi connectivity index (χ2v) is 5.19. The topological polar surface area (TPSA) is 49.3 Å². The molecule has 0 spiro atoms. The molecule has 0 radical (unpaired) electrons. The highest BCUT2D eigenvalue weighted by atomic mass is 19.1. The predicted octanol–water partition coefficient (Wildman–Crippen LogP) is 3.27. The van der Waals surface area contributed by atoms with Crippen molar-refractivity contribution < 1.29 is 14.3 Å². The Labute approximate surface area is 106 Å². The van der Waals surface area contributed by atoms with E-state index in [0.717, 1.165) is 12.8 Å². The standard InChI is InChI=1S/C14H18FNO2/c1-10-5-4-8-14(9-10,13(17)18)16-12-7-3-2-6-11(12)15/h2-3,6-7,10,16H,4-5,8-9H2,1H3,(H,17,18). The number of hydrogen-bond acceptors (Lipinski definition) is 2. The zero-order valence-electron chi connectivity index (χ0n) is 10.4. The van der Waals surface area contributed by atoms with Crippen molar-refractivity contribution in [2.45, 2.75) is 38.1 Å². The van der Waals surface area contributed by atoms with Crippen molar-refractivity contribution in [1.82, 2.24) is 0 Å². The van der Waals surface area contributed by atoms with Crippen molar-refractivity contribution >= 4 is 11.7 Å². The van der Waals surface area contributed by atoms with Crippen molar-refractivity contribution in [2.24, 2.45) is 5.92 Å². The van der Waals surface area contributed by atoms with Crippen LogP contribution in [-0.2, 0) is 4.79 Å². The number of carboxylic acid groups (broad SMARTS) is 1. The highest BCUT2D eigenvalue weighted by molar-refractivity contribution is 5.83. The fraction of sp³-hybridized carbons (Fsp3) is 0.500. The van der Waals surface area contributed by atoms with Crippen molar-refractivity contribution in [1.29, 1.82) is 0 Å². The Morgan fingerprint density at radius 1 is 1.50 bits per heavy atom. The first-order valence-electron chi connectivity index (χ1n) is 6.30. The van der Waals surface area contributed by atoms with Gasteiger partial charge in [-0.3, -0.25) is 0 Å². The van der Waals surface area contributed by atoms with Crippen LogP contribution in [0.3, 0.4) is 0 Å². The lowest BCUT2D eigenvalue weighted by Crippen LogP contribution is -2.49. The molecular weight excluding hydrogens is 233 g/mol. The smallest absolute Gasteiger partial charge is 0.329 e. The van der Waals surface area contributed by atoms with Gasteiger partial charge in [-0.15, -0.1) is 0 Å². The third kappa shape index (κ3) is 2.47. The first-order chi connectivity index (χ1) is 8.53. The van der Waals surface area contributed by atoms with Gasteiger partial charge in [-0.25, -0.2) is 9.18 Å². The van der Waals surface area contributed by atoms with Gasteiger partial charge in [0.05, 0.1) is 5.69 Å². The number of anilines is 1. The summed E-state index contributed by atoms with van der Waals surface area (Å²) in [7, 11) is 0. The van der Waals surface area contributed by atoms with Gasteiger partial charge in [0, 0.05) is 0 Å². The van der Waals surface area contributed by atoms with E-state index >= 15 is 0 Å². The van der Waals surface area contributed by atoms with E-state index in [1.54, 1.807) is 18.2 Å². The molecule has 2 atom stereocenters. The molecule has 0 aliphatic heterocycles. The van der Waals surface area contributed by atoms with Crippen LogP contribution < -0.4 is 5.32 Å². The molecule has 1 fully saturated rings. The summed E-state index contributed by atoms with van der Waals surface area (Å²) in [5.41, 5.74) is -0.756. The molecule has 4 heteroatoms. The lowest BCUT2D eigenvalue weighted by molar-refractivity contribution is -0.144. The van der Waals surface area contributed by atoms with E-state index in [-0.39, 0.29) is 5.69 Å². The molecule has 0 heterocycles. The van der Waals surface area contributed by atoms with Crippen molar-refractivity contribution in [3.8, 4) is 0 Å². The summed E-state index contributed by atoms with van der Waals surface area (Å²) in [6, 6.07) is 6.22. The molecule has 3 nitrogen and oxygen atoms in total. The van der Waals surface area contributed by atoms with Crippen LogP contribution in [0.4, 0.5) is 10.1 Å². The summed E-state index contributed by atoms with van der Waals surface area (Å²) in [5, 5.41) is 12.4. The van der Waals surface area contributed by atoms with Crippen molar-refractivity contribution in [3.05, 3.63) is 30.1 Å². The fourth-order valence-corrected chi connectivity index (χ4v) is 2.73. The van der Waals surface area contributed by atoms with Crippen LogP contribution >= 0.6 is 0 Å². The summed E-state index contributed by atoms with van der Waals surface area (Å²) >= 11 is 0. The van der Waals surface area contributed by atoms with Gasteiger partial charge in [-0.05, 0) is 30.9 Å². The average molecular weight is 251 g/mol. The van der Waals surface area contributed by atoms with Gasteiger partial charge in [-0.1, -0.05) is 31.9 Å². The molecule has 98 valence electrons. The van der Waals surface area contributed by atoms with Crippen LogP contribution in [0.15, 0.2) is 24.3 Å². The zero-order chi connectivity index (χ0) is 13.2. The van der Waals surface area contributed by atoms with E-state index < -0.39 is 17.3 Å². The Kier molecular flexibility index (Phi) is 3.55. The molecule has 1 saturated carbocycles. The third-order valence-corrected chi connectivity index (χ3v) is 3.65. The molecule has 0 saturated heterocycles. The van der Waals surface area contributed by atoms with Crippen LogP contribution in [0.5, 0.6) is 0 Å². The quantitative estimate of drug-likeness (QED) is 0.866. The van der Waals surface area contributed by atoms with E-state index in [0.29, 0.717) is 18.8 Å². The third-order valence-electron chi connectivity index (χ3n) is 3.65. The van der Waals surface area contributed by atoms with Crippen LogP contribution in [0.25, 0.3) is 0 Å². The Balaban J connectivity index is 2.26. The minimum absolute atomic E-state index is 0.272. The molecule has 0 aromatic heterocycles. The maximum atomic E-state index is 13.6. The Morgan fingerprint density at radius 3 is 2.83 bits per heavy atom. The zero-order valence-corrected chi connectivity index (χ0v) is 10.4. The van der Waals surface area contributed by atoms with E-state index in [2.05, 4.69) is 5.32 Å². The molecule has 1 aromatic carbocycles. The Bertz CT molecular complexity index is 449. The van der Waals surface area contributed by atoms with Crippen LogP contribution in [0, 0.1) is 11.7 Å². The maximum absolute atomic E-state index is 13.6. The monoisotopic (exact) mass is 251 g/mol. The number of aliphatic carboxylic acids is 1. The summed E-state index contributed by atoms with van der Waals surface area (Å²) in [6.07, 6.45) is 2.97. The van der Waals surface area contributed by atoms with Gasteiger partial charge < -0.3 is 10.4 Å². The first kappa shape index (κ1) is 12.9. The van der Waals surface area contributed by atoms with Gasteiger partial charge in [0.25, 0.3) is 0 Å². The number of nitrogens with one attached hydrogen (secondary N) is 1. The van der Waals surface area contributed by atoms with Crippen LogP contribution in [-0.4, -0.2) is 16.6 Å². The molecule has 0 bridgehead atoms. The SMILES string of the molecule is CC1CCCC(Nc2ccccc2F)(C(=O)O)C1. The lowest BCUT2D eigenvalue weighted by atomic mass is 9.76. The van der Waals surface area contributed by atoms with Gasteiger partial charge in [0.1, 0.15) is 11.4 Å². The largest absolute Gasteiger partial charge is 0.480 e. The summed E-state index contributed by atoms with van der Waals surface area (Å²) in [5.74, 6) is -0.956. The molecule has 1 aromatic rings. The molecule has 2 N–H and O–H groups in total. The number of halogens is 1. The molecule has 2 rings (SSSR count). The maximum Gasteiger partial charge on any atom is 0.329 e. The summed E-state index contributed by atoms with van der Waals surface area (Å²) in [6.45, 7) is 2.04. The summed E-state index contributed by atoms with van der Waals surface area (Å²) in [4.78, 5) is 11.6. The number of benzene rings is 1. The minimum Gasteiger partial charge on any atom is -0.480 e. The number of rotatable bonds is 3. The molecular formula is C14H18FNO2. The van der Waals surface area contributed by atoms with E-state index in [1.807, 2.05) is 6.92 Å².